The molecule has 8 nitrogen and oxygen atoms in total. The number of carboxylic acids is 1. The number of aryl methyl sites for hydroxylation is 2. The van der Waals surface area contributed by atoms with Crippen molar-refractivity contribution in [2.24, 2.45) is 0 Å². The number of benzene rings is 2. The van der Waals surface area contributed by atoms with Gasteiger partial charge >= 0.3 is 5.97 Å². The molecule has 4 rings (SSSR count). The molecule has 8 heteroatoms. The minimum Gasteiger partial charge on any atom is -0.493 e. The summed E-state index contributed by atoms with van der Waals surface area (Å²) in [5.41, 5.74) is 3.05. The summed E-state index contributed by atoms with van der Waals surface area (Å²) in [4.78, 5) is 16.0. The summed E-state index contributed by atoms with van der Waals surface area (Å²) in [6.45, 7) is 4.20. The van der Waals surface area contributed by atoms with E-state index >= 15 is 0 Å². The molecule has 0 aliphatic rings. The van der Waals surface area contributed by atoms with Crippen molar-refractivity contribution < 1.29 is 19.1 Å². The smallest absolute Gasteiger partial charge is 0.358 e. The van der Waals surface area contributed by atoms with Crippen LogP contribution < -0.4 is 4.74 Å². The molecule has 2 heterocycles. The van der Waals surface area contributed by atoms with Gasteiger partial charge in [-0.15, -0.1) is 5.10 Å². The van der Waals surface area contributed by atoms with Gasteiger partial charge in [0.05, 0.1) is 23.7 Å². The second-order valence-corrected chi connectivity index (χ2v) is 7.09. The molecular weight excluding hydrogens is 396 g/mol. The number of carbonyl (C=O) groups is 1. The molecule has 0 radical (unpaired) electrons. The lowest BCUT2D eigenvalue weighted by molar-refractivity contribution is 0.0689. The number of aromatic carboxylic acids is 1. The lowest BCUT2D eigenvalue weighted by Crippen LogP contribution is -2.08. The molecule has 4 aromatic rings. The van der Waals surface area contributed by atoms with E-state index in [1.54, 1.807) is 4.68 Å². The van der Waals surface area contributed by atoms with Gasteiger partial charge in [0.25, 0.3) is 0 Å². The van der Waals surface area contributed by atoms with Gasteiger partial charge in [0, 0.05) is 19.8 Å². The summed E-state index contributed by atoms with van der Waals surface area (Å²) in [5, 5.41) is 17.4. The highest BCUT2D eigenvalue weighted by Gasteiger charge is 2.20. The minimum absolute atomic E-state index is 0.0533. The van der Waals surface area contributed by atoms with Crippen molar-refractivity contribution >= 4 is 5.97 Å². The maximum Gasteiger partial charge on any atom is 0.358 e. The van der Waals surface area contributed by atoms with E-state index in [9.17, 15) is 9.90 Å². The number of rotatable bonds is 8. The van der Waals surface area contributed by atoms with Crippen LogP contribution in [0.25, 0.3) is 5.69 Å². The molecular formula is C23H22N4O4. The van der Waals surface area contributed by atoms with Gasteiger partial charge < -0.3 is 14.3 Å². The van der Waals surface area contributed by atoms with Crippen LogP contribution >= 0.6 is 0 Å². The van der Waals surface area contributed by atoms with E-state index in [1.165, 1.54) is 0 Å². The summed E-state index contributed by atoms with van der Waals surface area (Å²) >= 11 is 0. The Balaban J connectivity index is 1.46. The normalized spacial score (nSPS) is 10.9. The molecule has 0 unspecified atom stereocenters. The quantitative estimate of drug-likeness (QED) is 0.464. The maximum absolute atomic E-state index is 11.6. The first-order valence-corrected chi connectivity index (χ1v) is 9.89. The van der Waals surface area contributed by atoms with Crippen molar-refractivity contribution in [1.29, 1.82) is 0 Å². The Kier molecular flexibility index (Phi) is 5.79. The third kappa shape index (κ3) is 4.63. The SMILES string of the molecule is Cc1nc(CCOc2ccc(Cc3c(C(=O)O)nnn3-c3ccccc3)cc2)c(C)o1. The number of nitrogens with zero attached hydrogens (tertiary/aromatic N) is 4. The lowest BCUT2D eigenvalue weighted by atomic mass is 10.1. The number of hydrogen-bond donors (Lipinski definition) is 1. The predicted molar refractivity (Wildman–Crippen MR) is 113 cm³/mol. The number of oxazole rings is 1. The van der Waals surface area contributed by atoms with Crippen LogP contribution in [0.1, 0.15) is 39.1 Å². The number of ether oxygens (including phenoxy) is 1. The van der Waals surface area contributed by atoms with E-state index in [4.69, 9.17) is 9.15 Å². The molecule has 0 saturated heterocycles. The summed E-state index contributed by atoms with van der Waals surface area (Å²) in [6, 6.07) is 16.9. The molecule has 0 saturated carbocycles. The van der Waals surface area contributed by atoms with Gasteiger partial charge in [-0.2, -0.15) is 0 Å². The third-order valence-corrected chi connectivity index (χ3v) is 4.87. The molecule has 0 amide bonds. The molecule has 31 heavy (non-hydrogen) atoms. The summed E-state index contributed by atoms with van der Waals surface area (Å²) in [6.07, 6.45) is 1.04. The fraction of sp³-hybridized carbons (Fsp3) is 0.217. The van der Waals surface area contributed by atoms with E-state index in [0.717, 1.165) is 28.5 Å². The van der Waals surface area contributed by atoms with Crippen molar-refractivity contribution in [3.8, 4) is 11.4 Å². The second-order valence-electron chi connectivity index (χ2n) is 7.09. The van der Waals surface area contributed by atoms with Crippen LogP contribution in [-0.4, -0.2) is 37.7 Å². The van der Waals surface area contributed by atoms with Crippen LogP contribution in [0.2, 0.25) is 0 Å². The highest BCUT2D eigenvalue weighted by atomic mass is 16.5. The van der Waals surface area contributed by atoms with Gasteiger partial charge in [-0.1, -0.05) is 35.5 Å². The summed E-state index contributed by atoms with van der Waals surface area (Å²) < 4.78 is 12.8. The topological polar surface area (TPSA) is 103 Å². The molecule has 0 aliphatic heterocycles. The van der Waals surface area contributed by atoms with Gasteiger partial charge in [-0.3, -0.25) is 0 Å². The van der Waals surface area contributed by atoms with E-state index in [-0.39, 0.29) is 5.69 Å². The highest BCUT2D eigenvalue weighted by molar-refractivity contribution is 5.86. The minimum atomic E-state index is -1.10. The Morgan fingerprint density at radius 2 is 1.84 bits per heavy atom. The van der Waals surface area contributed by atoms with Crippen LogP contribution in [0.4, 0.5) is 0 Å². The van der Waals surface area contributed by atoms with Crippen LogP contribution in [-0.2, 0) is 12.8 Å². The fourth-order valence-corrected chi connectivity index (χ4v) is 3.37. The number of para-hydroxylation sites is 1. The maximum atomic E-state index is 11.6. The number of carboxylic acid groups (broad SMARTS) is 1. The molecule has 0 atom stereocenters. The first-order chi connectivity index (χ1) is 15.0. The van der Waals surface area contributed by atoms with Crippen molar-refractivity contribution in [1.82, 2.24) is 20.0 Å². The summed E-state index contributed by atoms with van der Waals surface area (Å²) in [5.74, 6) is 1.10. The average molecular weight is 418 g/mol. The van der Waals surface area contributed by atoms with Gasteiger partial charge in [0.2, 0.25) is 0 Å². The third-order valence-electron chi connectivity index (χ3n) is 4.87. The average Bonchev–Trinajstić information content (AvgIpc) is 3.32. The van der Waals surface area contributed by atoms with E-state index in [2.05, 4.69) is 15.3 Å². The Morgan fingerprint density at radius 1 is 1.10 bits per heavy atom. The first kappa shape index (κ1) is 20.3. The van der Waals surface area contributed by atoms with Crippen LogP contribution in [0.5, 0.6) is 5.75 Å². The van der Waals surface area contributed by atoms with Crippen LogP contribution in [0, 0.1) is 13.8 Å². The standard InChI is InChI=1S/C23H22N4O4/c1-15-20(24-16(2)31-15)12-13-30-19-10-8-17(9-11-19)14-21-22(23(28)29)25-26-27(21)18-6-4-3-5-7-18/h3-11H,12-14H2,1-2H3,(H,28,29). The van der Waals surface area contributed by atoms with Gasteiger partial charge in [-0.25, -0.2) is 14.5 Å². The molecule has 0 spiro atoms. The first-order valence-electron chi connectivity index (χ1n) is 9.89. The molecule has 158 valence electrons. The van der Waals surface area contributed by atoms with Crippen LogP contribution in [0.15, 0.2) is 59.0 Å². The molecule has 2 aromatic carbocycles. The zero-order valence-corrected chi connectivity index (χ0v) is 17.3. The number of aromatic nitrogens is 4. The van der Waals surface area contributed by atoms with E-state index < -0.39 is 5.97 Å². The highest BCUT2D eigenvalue weighted by Crippen LogP contribution is 2.20. The second kappa shape index (κ2) is 8.83. The van der Waals surface area contributed by atoms with E-state index in [0.29, 0.717) is 31.0 Å². The van der Waals surface area contributed by atoms with Crippen molar-refractivity contribution in [2.75, 3.05) is 6.61 Å². The summed E-state index contributed by atoms with van der Waals surface area (Å²) in [7, 11) is 0. The van der Waals surface area contributed by atoms with Gasteiger partial charge in [-0.05, 0) is 36.8 Å². The van der Waals surface area contributed by atoms with E-state index in [1.807, 2.05) is 68.4 Å². The van der Waals surface area contributed by atoms with Gasteiger partial charge in [0.15, 0.2) is 11.6 Å². The Bertz CT molecular complexity index is 1180. The zero-order valence-electron chi connectivity index (χ0n) is 17.3. The van der Waals surface area contributed by atoms with Crippen molar-refractivity contribution in [3.63, 3.8) is 0 Å². The lowest BCUT2D eigenvalue weighted by Gasteiger charge is -2.09. The van der Waals surface area contributed by atoms with Crippen molar-refractivity contribution in [2.45, 2.75) is 26.7 Å². The molecule has 0 fully saturated rings. The zero-order chi connectivity index (χ0) is 21.8. The van der Waals surface area contributed by atoms with Gasteiger partial charge in [0.1, 0.15) is 11.5 Å². The molecule has 0 aliphatic carbocycles. The molecule has 1 N–H and O–H groups in total. The fourth-order valence-electron chi connectivity index (χ4n) is 3.37. The number of hydrogen-bond acceptors (Lipinski definition) is 6. The molecule has 2 aromatic heterocycles. The molecule has 0 bridgehead atoms. The predicted octanol–water partition coefficient (Wildman–Crippen LogP) is 3.78. The Hall–Kier alpha value is -3.94. The largest absolute Gasteiger partial charge is 0.493 e. The monoisotopic (exact) mass is 418 g/mol. The van der Waals surface area contributed by atoms with Crippen molar-refractivity contribution in [3.05, 3.63) is 88.9 Å². The Morgan fingerprint density at radius 3 is 2.48 bits per heavy atom. The Labute approximate surface area is 179 Å². The van der Waals surface area contributed by atoms with Crippen LogP contribution in [0.3, 0.4) is 0 Å².